The smallest absolute Gasteiger partial charge is 0.407 e. The van der Waals surface area contributed by atoms with Crippen LogP contribution in [0.25, 0.3) is 11.1 Å². The number of nitrogens with one attached hydrogen (secondary N) is 3. The zero-order chi connectivity index (χ0) is 33.5. The SMILES string of the molecule is COOCCCCC(=O)CNC(=O)C(CCCNC(N)=O)CC(=O)C(NC(=O)OCC1c2ccccc2-c2ccccc21)C(C)C. The molecule has 12 heteroatoms. The van der Waals surface area contributed by atoms with Crippen molar-refractivity contribution in [3.63, 3.8) is 0 Å². The Morgan fingerprint density at radius 1 is 0.891 bits per heavy atom. The number of Topliss-reactive ketones (excluding diaryl/α,β-unsaturated/α-hetero) is 2. The highest BCUT2D eigenvalue weighted by Gasteiger charge is 2.32. The van der Waals surface area contributed by atoms with Crippen LogP contribution in [0.15, 0.2) is 48.5 Å². The molecule has 0 spiro atoms. The second kappa shape index (κ2) is 18.6. The Morgan fingerprint density at radius 3 is 2.15 bits per heavy atom. The van der Waals surface area contributed by atoms with Crippen molar-refractivity contribution in [2.24, 2.45) is 17.6 Å². The van der Waals surface area contributed by atoms with Gasteiger partial charge < -0.3 is 26.4 Å². The van der Waals surface area contributed by atoms with E-state index in [-0.39, 0.29) is 62.4 Å². The number of alkyl carbamates (subject to hydrolysis) is 1. The lowest BCUT2D eigenvalue weighted by Gasteiger charge is -2.24. The average molecular weight is 639 g/mol. The topological polar surface area (TPSA) is 175 Å². The molecule has 3 rings (SSSR count). The summed E-state index contributed by atoms with van der Waals surface area (Å²) < 4.78 is 5.66. The monoisotopic (exact) mass is 638 g/mol. The van der Waals surface area contributed by atoms with E-state index >= 15 is 0 Å². The standard InChI is InChI=1S/C34H46N4O8/c1-22(2)31(38-34(43)45-21-29-27-15-6-4-13-25(27)26-14-5-7-16-28(26)29)30(40)19-23(11-10-17-36-33(35)42)32(41)37-20-24(39)12-8-9-18-46-44-3/h4-7,13-16,22-23,29,31H,8-12,17-21H2,1-3H3,(H,37,41)(H,38,43)(H3,35,36,42). The third-order valence-electron chi connectivity index (χ3n) is 7.99. The Balaban J connectivity index is 1.58. The van der Waals surface area contributed by atoms with Crippen molar-refractivity contribution < 1.29 is 38.5 Å². The van der Waals surface area contributed by atoms with Gasteiger partial charge in [0.2, 0.25) is 5.91 Å². The fraction of sp³-hybridized carbons (Fsp3) is 0.500. The molecule has 2 aromatic carbocycles. The molecule has 0 heterocycles. The summed E-state index contributed by atoms with van der Waals surface area (Å²) in [5, 5.41) is 7.83. The fourth-order valence-electron chi connectivity index (χ4n) is 5.63. The van der Waals surface area contributed by atoms with Gasteiger partial charge >= 0.3 is 12.1 Å². The number of primary amides is 1. The maximum atomic E-state index is 13.5. The first kappa shape index (κ1) is 36.2. The Morgan fingerprint density at radius 2 is 1.54 bits per heavy atom. The largest absolute Gasteiger partial charge is 0.449 e. The van der Waals surface area contributed by atoms with E-state index in [1.807, 2.05) is 48.5 Å². The molecule has 0 fully saturated rings. The van der Waals surface area contributed by atoms with Crippen LogP contribution < -0.4 is 21.7 Å². The number of benzene rings is 2. The highest BCUT2D eigenvalue weighted by atomic mass is 17.2. The van der Waals surface area contributed by atoms with Gasteiger partial charge in [-0.1, -0.05) is 62.4 Å². The van der Waals surface area contributed by atoms with E-state index in [2.05, 4.69) is 20.8 Å². The molecule has 2 aromatic rings. The maximum absolute atomic E-state index is 13.5. The molecule has 4 amide bonds. The van der Waals surface area contributed by atoms with Gasteiger partial charge in [0.1, 0.15) is 6.61 Å². The minimum Gasteiger partial charge on any atom is -0.449 e. The van der Waals surface area contributed by atoms with Crippen LogP contribution in [0.4, 0.5) is 9.59 Å². The van der Waals surface area contributed by atoms with Crippen LogP contribution >= 0.6 is 0 Å². The highest BCUT2D eigenvalue weighted by Crippen LogP contribution is 2.44. The molecule has 2 atom stereocenters. The van der Waals surface area contributed by atoms with Crippen molar-refractivity contribution in [1.82, 2.24) is 16.0 Å². The van der Waals surface area contributed by atoms with Crippen molar-refractivity contribution in [1.29, 1.82) is 0 Å². The van der Waals surface area contributed by atoms with E-state index in [4.69, 9.17) is 15.4 Å². The van der Waals surface area contributed by atoms with Gasteiger partial charge in [-0.15, -0.1) is 0 Å². The van der Waals surface area contributed by atoms with Crippen LogP contribution in [0.2, 0.25) is 0 Å². The van der Waals surface area contributed by atoms with Crippen LogP contribution in [0, 0.1) is 11.8 Å². The van der Waals surface area contributed by atoms with Crippen LogP contribution in [-0.4, -0.2) is 69.1 Å². The second-order valence-electron chi connectivity index (χ2n) is 11.7. The molecule has 12 nitrogen and oxygen atoms in total. The molecule has 250 valence electrons. The molecule has 0 saturated carbocycles. The number of urea groups is 1. The van der Waals surface area contributed by atoms with Gasteiger partial charge in [-0.3, -0.25) is 14.4 Å². The van der Waals surface area contributed by atoms with Crippen molar-refractivity contribution in [3.8, 4) is 11.1 Å². The second-order valence-corrected chi connectivity index (χ2v) is 11.7. The molecular formula is C34H46N4O8. The van der Waals surface area contributed by atoms with Gasteiger partial charge in [0.25, 0.3) is 0 Å². The van der Waals surface area contributed by atoms with Gasteiger partial charge in [-0.05, 0) is 53.9 Å². The number of rotatable bonds is 20. The van der Waals surface area contributed by atoms with E-state index in [0.717, 1.165) is 22.3 Å². The van der Waals surface area contributed by atoms with Crippen LogP contribution in [0.5, 0.6) is 0 Å². The number of hydrogen-bond acceptors (Lipinski definition) is 8. The molecule has 1 aliphatic rings. The predicted molar refractivity (Wildman–Crippen MR) is 172 cm³/mol. The average Bonchev–Trinajstić information content (AvgIpc) is 3.35. The molecule has 46 heavy (non-hydrogen) atoms. The lowest BCUT2D eigenvalue weighted by molar-refractivity contribution is -0.272. The Kier molecular flexibility index (Phi) is 14.6. The molecule has 5 N–H and O–H groups in total. The number of hydrogen-bond donors (Lipinski definition) is 4. The van der Waals surface area contributed by atoms with Crippen molar-refractivity contribution in [2.75, 3.05) is 33.4 Å². The molecule has 0 radical (unpaired) electrons. The first-order valence-electron chi connectivity index (χ1n) is 15.7. The van der Waals surface area contributed by atoms with Gasteiger partial charge in [0.15, 0.2) is 11.6 Å². The van der Waals surface area contributed by atoms with Crippen LogP contribution in [-0.2, 0) is 28.9 Å². The summed E-state index contributed by atoms with van der Waals surface area (Å²) in [5.74, 6) is -2.13. The lowest BCUT2D eigenvalue weighted by atomic mass is 9.89. The van der Waals surface area contributed by atoms with Gasteiger partial charge in [0, 0.05) is 31.2 Å². The third kappa shape index (κ3) is 11.0. The summed E-state index contributed by atoms with van der Waals surface area (Å²) in [5.41, 5.74) is 9.51. The Hall–Kier alpha value is -4.29. The summed E-state index contributed by atoms with van der Waals surface area (Å²) in [6.07, 6.45) is 1.23. The van der Waals surface area contributed by atoms with Crippen molar-refractivity contribution >= 4 is 29.6 Å². The van der Waals surface area contributed by atoms with Crippen molar-refractivity contribution in [2.45, 2.75) is 64.3 Å². The van der Waals surface area contributed by atoms with Crippen LogP contribution in [0.3, 0.4) is 0 Å². The fourth-order valence-corrected chi connectivity index (χ4v) is 5.63. The normalized spacial score (nSPS) is 13.3. The third-order valence-corrected chi connectivity index (χ3v) is 7.99. The lowest BCUT2D eigenvalue weighted by Crippen LogP contribution is -2.46. The van der Waals surface area contributed by atoms with E-state index < -0.39 is 30.0 Å². The quantitative estimate of drug-likeness (QED) is 0.0956. The number of carbonyl (C=O) groups excluding carboxylic acids is 5. The summed E-state index contributed by atoms with van der Waals surface area (Å²) in [6.45, 7) is 4.12. The number of amides is 4. The number of carbonyl (C=O) groups is 5. The zero-order valence-corrected chi connectivity index (χ0v) is 26.8. The number of ketones is 2. The first-order chi connectivity index (χ1) is 22.1. The van der Waals surface area contributed by atoms with Crippen LogP contribution in [0.1, 0.15) is 69.4 Å². The Bertz CT molecular complexity index is 1300. The van der Waals surface area contributed by atoms with Gasteiger partial charge in [-0.2, -0.15) is 0 Å². The number of nitrogens with two attached hydrogens (primary N) is 1. The molecule has 0 aromatic heterocycles. The highest BCUT2D eigenvalue weighted by molar-refractivity contribution is 5.93. The molecule has 0 aliphatic heterocycles. The number of unbranched alkanes of at least 4 members (excludes halogenated alkanes) is 1. The minimum absolute atomic E-state index is 0.101. The van der Waals surface area contributed by atoms with E-state index in [1.165, 1.54) is 7.11 Å². The summed E-state index contributed by atoms with van der Waals surface area (Å²) >= 11 is 0. The van der Waals surface area contributed by atoms with Gasteiger partial charge in [0.05, 0.1) is 26.3 Å². The molecule has 0 bridgehead atoms. The molecule has 1 aliphatic carbocycles. The van der Waals surface area contributed by atoms with Gasteiger partial charge in [-0.25, -0.2) is 19.4 Å². The zero-order valence-electron chi connectivity index (χ0n) is 26.8. The van der Waals surface area contributed by atoms with Crippen molar-refractivity contribution in [3.05, 3.63) is 59.7 Å². The molecule has 0 saturated heterocycles. The molecule has 2 unspecified atom stereocenters. The van der Waals surface area contributed by atoms with E-state index in [0.29, 0.717) is 25.9 Å². The van der Waals surface area contributed by atoms with E-state index in [9.17, 15) is 24.0 Å². The maximum Gasteiger partial charge on any atom is 0.407 e. The van der Waals surface area contributed by atoms with E-state index in [1.54, 1.807) is 13.8 Å². The Labute approximate surface area is 270 Å². The summed E-state index contributed by atoms with van der Waals surface area (Å²) in [4.78, 5) is 72.3. The minimum atomic E-state index is -0.898. The molecular weight excluding hydrogens is 592 g/mol. The summed E-state index contributed by atoms with van der Waals surface area (Å²) in [6, 6.07) is 14.4. The predicted octanol–water partition coefficient (Wildman–Crippen LogP) is 4.01. The number of ether oxygens (including phenoxy) is 1. The first-order valence-corrected chi connectivity index (χ1v) is 15.7. The number of fused-ring (bicyclic) bond motifs is 3. The summed E-state index contributed by atoms with van der Waals surface area (Å²) in [7, 11) is 1.41.